The van der Waals surface area contributed by atoms with Gasteiger partial charge in [0, 0.05) is 26.2 Å². The molecule has 0 heterocycles. The Labute approximate surface area is 176 Å². The number of halogens is 1. The largest absolute Gasteiger partial charge is 0.356 e. The Morgan fingerprint density at radius 3 is 2.15 bits per heavy atom. The van der Waals surface area contributed by atoms with Crippen LogP contribution in [0.5, 0.6) is 0 Å². The zero-order chi connectivity index (χ0) is 19.2. The number of carbonyl (C=O) groups excluding carboxylic acids is 1. The third-order valence-electron chi connectivity index (χ3n) is 3.97. The van der Waals surface area contributed by atoms with Crippen LogP contribution >= 0.6 is 24.0 Å². The Bertz CT molecular complexity index is 612. The maximum absolute atomic E-state index is 12.1. The Morgan fingerprint density at radius 1 is 1.15 bits per heavy atom. The Balaban J connectivity index is 0.00000625. The summed E-state index contributed by atoms with van der Waals surface area (Å²) in [5.41, 5.74) is 5.10. The maximum atomic E-state index is 12.1. The van der Waals surface area contributed by atoms with Gasteiger partial charge in [-0.15, -0.1) is 24.0 Å². The molecule has 2 N–H and O–H groups in total. The molecule has 0 atom stereocenters. The lowest BCUT2D eigenvalue weighted by Gasteiger charge is -2.25. The van der Waals surface area contributed by atoms with Gasteiger partial charge in [-0.05, 0) is 64.7 Å². The lowest BCUT2D eigenvalue weighted by Crippen LogP contribution is -2.49. The van der Waals surface area contributed by atoms with E-state index in [2.05, 4.69) is 48.5 Å². The number of aliphatic imine (C=N–C) groups is 1. The minimum absolute atomic E-state index is 0. The molecule has 0 saturated carbocycles. The summed E-state index contributed by atoms with van der Waals surface area (Å²) in [7, 11) is 3.61. The van der Waals surface area contributed by atoms with E-state index in [1.165, 1.54) is 22.3 Å². The fourth-order valence-electron chi connectivity index (χ4n) is 3.04. The van der Waals surface area contributed by atoms with Crippen LogP contribution in [-0.4, -0.2) is 49.5 Å². The molecular weight excluding hydrogens is 439 g/mol. The second kappa shape index (κ2) is 10.7. The van der Waals surface area contributed by atoms with Crippen LogP contribution in [0.3, 0.4) is 0 Å². The van der Waals surface area contributed by atoms with Crippen LogP contribution in [0.25, 0.3) is 0 Å². The van der Waals surface area contributed by atoms with Crippen LogP contribution in [0.4, 0.5) is 0 Å². The molecule has 0 saturated heterocycles. The number of hydrogen-bond acceptors (Lipinski definition) is 2. The van der Waals surface area contributed by atoms with Crippen LogP contribution in [0, 0.1) is 20.8 Å². The van der Waals surface area contributed by atoms with Crippen LogP contribution in [0.15, 0.2) is 17.1 Å². The average molecular weight is 474 g/mol. The summed E-state index contributed by atoms with van der Waals surface area (Å²) in [6.07, 6.45) is 0.930. The summed E-state index contributed by atoms with van der Waals surface area (Å²) < 4.78 is 0. The molecule has 0 spiro atoms. The fraction of sp³-hybridized carbons (Fsp3) is 0.600. The van der Waals surface area contributed by atoms with Gasteiger partial charge in [0.2, 0.25) is 5.91 Å². The average Bonchev–Trinajstić information content (AvgIpc) is 2.43. The maximum Gasteiger partial charge on any atom is 0.240 e. The topological polar surface area (TPSA) is 56.7 Å². The molecule has 26 heavy (non-hydrogen) atoms. The Morgan fingerprint density at radius 2 is 1.69 bits per heavy atom. The molecule has 6 heteroatoms. The van der Waals surface area contributed by atoms with E-state index < -0.39 is 0 Å². The van der Waals surface area contributed by atoms with E-state index >= 15 is 0 Å². The normalized spacial score (nSPS) is 11.6. The summed E-state index contributed by atoms with van der Waals surface area (Å²) in [5.74, 6) is 0.717. The molecule has 148 valence electrons. The lowest BCUT2D eigenvalue weighted by molar-refractivity contribution is -0.122. The highest BCUT2D eigenvalue weighted by molar-refractivity contribution is 14.0. The number of rotatable bonds is 5. The van der Waals surface area contributed by atoms with Crippen LogP contribution < -0.4 is 10.6 Å². The van der Waals surface area contributed by atoms with E-state index in [0.29, 0.717) is 0 Å². The number of nitrogens with zero attached hydrogens (tertiary/aromatic N) is 2. The third kappa shape index (κ3) is 8.38. The minimum Gasteiger partial charge on any atom is -0.356 e. The molecule has 1 aromatic carbocycles. The van der Waals surface area contributed by atoms with E-state index in [1.54, 1.807) is 7.05 Å². The molecule has 0 aliphatic heterocycles. The zero-order valence-corrected chi connectivity index (χ0v) is 19.8. The van der Waals surface area contributed by atoms with Crippen LogP contribution in [0.2, 0.25) is 0 Å². The number of amides is 1. The van der Waals surface area contributed by atoms with Crippen molar-refractivity contribution in [3.05, 3.63) is 34.4 Å². The number of nitrogens with one attached hydrogen (secondary N) is 2. The first-order valence-corrected chi connectivity index (χ1v) is 8.83. The molecule has 0 fully saturated rings. The van der Waals surface area contributed by atoms with Crippen molar-refractivity contribution in [2.24, 2.45) is 4.99 Å². The van der Waals surface area contributed by atoms with Gasteiger partial charge in [0.05, 0.1) is 6.54 Å². The second-order valence-electron chi connectivity index (χ2n) is 7.76. The summed E-state index contributed by atoms with van der Waals surface area (Å²) in [5, 5.41) is 6.32. The van der Waals surface area contributed by atoms with Gasteiger partial charge in [-0.3, -0.25) is 9.79 Å². The quantitative estimate of drug-likeness (QED) is 0.392. The first kappa shape index (κ1) is 24.7. The number of benzene rings is 1. The summed E-state index contributed by atoms with van der Waals surface area (Å²) in [6, 6.07) is 4.44. The Hall–Kier alpha value is -1.31. The Kier molecular flexibility index (Phi) is 10.2. The monoisotopic (exact) mass is 474 g/mol. The van der Waals surface area contributed by atoms with Gasteiger partial charge < -0.3 is 15.5 Å². The van der Waals surface area contributed by atoms with Crippen LogP contribution in [0.1, 0.15) is 43.0 Å². The molecule has 0 aliphatic carbocycles. The van der Waals surface area contributed by atoms with Crippen molar-refractivity contribution in [2.45, 2.75) is 53.5 Å². The number of guanidine groups is 1. The molecule has 0 unspecified atom stereocenters. The molecule has 0 aromatic heterocycles. The van der Waals surface area contributed by atoms with Crippen molar-refractivity contribution in [2.75, 3.05) is 27.2 Å². The fourth-order valence-corrected chi connectivity index (χ4v) is 3.04. The van der Waals surface area contributed by atoms with Gasteiger partial charge in [-0.25, -0.2) is 0 Å². The van der Waals surface area contributed by atoms with Gasteiger partial charge in [0.25, 0.3) is 0 Å². The van der Waals surface area contributed by atoms with Crippen molar-refractivity contribution in [3.63, 3.8) is 0 Å². The molecule has 0 aliphatic rings. The van der Waals surface area contributed by atoms with Gasteiger partial charge in [-0.1, -0.05) is 17.7 Å². The first-order valence-electron chi connectivity index (χ1n) is 8.83. The van der Waals surface area contributed by atoms with Gasteiger partial charge in [0.15, 0.2) is 5.96 Å². The number of likely N-dealkylation sites (N-methyl/N-ethyl adjacent to an activating group) is 1. The molecule has 0 radical (unpaired) electrons. The summed E-state index contributed by atoms with van der Waals surface area (Å²) >= 11 is 0. The predicted octanol–water partition coefficient (Wildman–Crippen LogP) is 3.19. The van der Waals surface area contributed by atoms with E-state index in [-0.39, 0.29) is 42.0 Å². The van der Waals surface area contributed by atoms with Crippen molar-refractivity contribution in [1.29, 1.82) is 0 Å². The molecule has 1 aromatic rings. The van der Waals surface area contributed by atoms with Gasteiger partial charge in [-0.2, -0.15) is 0 Å². The molecule has 1 rings (SSSR count). The smallest absolute Gasteiger partial charge is 0.240 e. The molecule has 0 bridgehead atoms. The van der Waals surface area contributed by atoms with Crippen molar-refractivity contribution in [1.82, 2.24) is 15.5 Å². The summed E-state index contributed by atoms with van der Waals surface area (Å²) in [4.78, 5) is 18.2. The third-order valence-corrected chi connectivity index (χ3v) is 3.97. The van der Waals surface area contributed by atoms with E-state index in [1.807, 2.05) is 32.7 Å². The van der Waals surface area contributed by atoms with Crippen LogP contribution in [-0.2, 0) is 11.2 Å². The highest BCUT2D eigenvalue weighted by Gasteiger charge is 2.16. The number of aryl methyl sites for hydroxylation is 3. The number of hydrogen-bond donors (Lipinski definition) is 2. The van der Waals surface area contributed by atoms with Gasteiger partial charge >= 0.3 is 0 Å². The summed E-state index contributed by atoms with van der Waals surface area (Å²) in [6.45, 7) is 13.4. The standard InChI is InChI=1S/C20H34N4O.HI/c1-14-11-15(2)17(16(3)12-14)9-10-22-19(21-7)24(8)13-18(25)23-20(4,5)6;/h11-12H,9-10,13H2,1-8H3,(H,21,22)(H,23,25);1H. The highest BCUT2D eigenvalue weighted by Crippen LogP contribution is 2.16. The van der Waals surface area contributed by atoms with E-state index in [4.69, 9.17) is 0 Å². The molecular formula is C20H35IN4O. The second-order valence-corrected chi connectivity index (χ2v) is 7.76. The van der Waals surface area contributed by atoms with Crippen molar-refractivity contribution in [3.8, 4) is 0 Å². The van der Waals surface area contributed by atoms with Crippen molar-refractivity contribution >= 4 is 35.8 Å². The molecule has 5 nitrogen and oxygen atoms in total. The van der Waals surface area contributed by atoms with Crippen molar-refractivity contribution < 1.29 is 4.79 Å². The van der Waals surface area contributed by atoms with Gasteiger partial charge in [0.1, 0.15) is 0 Å². The lowest BCUT2D eigenvalue weighted by atomic mass is 9.97. The highest BCUT2D eigenvalue weighted by atomic mass is 127. The minimum atomic E-state index is -0.227. The molecule has 1 amide bonds. The SMILES string of the molecule is CN=C(NCCc1c(C)cc(C)cc1C)N(C)CC(=O)NC(C)(C)C.I. The first-order chi connectivity index (χ1) is 11.5. The predicted molar refractivity (Wildman–Crippen MR) is 122 cm³/mol. The van der Waals surface area contributed by atoms with E-state index in [0.717, 1.165) is 18.9 Å². The van der Waals surface area contributed by atoms with E-state index in [9.17, 15) is 4.79 Å². The number of carbonyl (C=O) groups is 1. The zero-order valence-electron chi connectivity index (χ0n) is 17.5.